The molecule has 13 heavy (non-hydrogen) atoms. The monoisotopic (exact) mass is 241 g/mol. The molecule has 2 heterocycles. The first kappa shape index (κ1) is 8.25. The van der Waals surface area contributed by atoms with Crippen molar-refractivity contribution in [2.24, 2.45) is 0 Å². The third-order valence-corrected chi connectivity index (χ3v) is 2.24. The average molecular weight is 242 g/mol. The van der Waals surface area contributed by atoms with Crippen LogP contribution >= 0.6 is 15.9 Å². The highest BCUT2D eigenvalue weighted by atomic mass is 79.9. The summed E-state index contributed by atoms with van der Waals surface area (Å²) < 4.78 is 5.74. The Bertz CT molecular complexity index is 477. The lowest BCUT2D eigenvalue weighted by Gasteiger charge is -1.88. The highest BCUT2D eigenvalue weighted by Crippen LogP contribution is 2.25. The van der Waals surface area contributed by atoms with Gasteiger partial charge in [-0.1, -0.05) is 0 Å². The Morgan fingerprint density at radius 3 is 2.92 bits per heavy atom. The van der Waals surface area contributed by atoms with Gasteiger partial charge in [0.2, 0.25) is 5.76 Å². The van der Waals surface area contributed by atoms with Crippen LogP contribution in [0.5, 0.6) is 0 Å². The van der Waals surface area contributed by atoms with Crippen molar-refractivity contribution in [3.63, 3.8) is 0 Å². The van der Waals surface area contributed by atoms with Crippen molar-refractivity contribution in [2.45, 2.75) is 0 Å². The van der Waals surface area contributed by atoms with Crippen LogP contribution in [0.3, 0.4) is 0 Å². The molecule has 2 aromatic heterocycles. The number of carbonyl (C=O) groups is 1. The topological polar surface area (TPSA) is 63.3 Å². The van der Waals surface area contributed by atoms with Gasteiger partial charge < -0.3 is 9.52 Å². The highest BCUT2D eigenvalue weighted by Gasteiger charge is 2.11. The van der Waals surface area contributed by atoms with E-state index in [1.54, 1.807) is 6.20 Å². The summed E-state index contributed by atoms with van der Waals surface area (Å²) in [6.45, 7) is 0. The second kappa shape index (κ2) is 2.85. The van der Waals surface area contributed by atoms with Crippen LogP contribution < -0.4 is 0 Å². The maximum atomic E-state index is 10.6. The molecule has 0 aromatic carbocycles. The van der Waals surface area contributed by atoms with Gasteiger partial charge in [0.1, 0.15) is 0 Å². The quantitative estimate of drug-likeness (QED) is 0.833. The van der Waals surface area contributed by atoms with Gasteiger partial charge in [0, 0.05) is 22.1 Å². The van der Waals surface area contributed by atoms with Gasteiger partial charge in [0.05, 0.1) is 6.20 Å². The normalized spacial score (nSPS) is 10.5. The first-order valence-electron chi connectivity index (χ1n) is 3.45. The predicted octanol–water partition coefficient (Wildman–Crippen LogP) is 2.29. The molecule has 0 unspecified atom stereocenters. The average Bonchev–Trinajstić information content (AvgIpc) is 2.49. The lowest BCUT2D eigenvalue weighted by molar-refractivity contribution is 0.0665. The van der Waals surface area contributed by atoms with E-state index in [1.807, 2.05) is 0 Å². The Kier molecular flexibility index (Phi) is 1.81. The van der Waals surface area contributed by atoms with Gasteiger partial charge in [-0.15, -0.1) is 0 Å². The number of halogens is 1. The minimum Gasteiger partial charge on any atom is -0.475 e. The van der Waals surface area contributed by atoms with Crippen LogP contribution in [-0.4, -0.2) is 16.1 Å². The van der Waals surface area contributed by atoms with Crippen LogP contribution in [0, 0.1) is 0 Å². The molecule has 0 aliphatic carbocycles. The van der Waals surface area contributed by atoms with Crippen LogP contribution in [0.2, 0.25) is 0 Å². The van der Waals surface area contributed by atoms with Crippen molar-refractivity contribution in [3.05, 3.63) is 28.7 Å². The van der Waals surface area contributed by atoms with E-state index in [9.17, 15) is 4.79 Å². The number of carboxylic acid groups (broad SMARTS) is 1. The third-order valence-electron chi connectivity index (χ3n) is 1.61. The van der Waals surface area contributed by atoms with Gasteiger partial charge >= 0.3 is 5.97 Å². The molecule has 5 heteroatoms. The smallest absolute Gasteiger partial charge is 0.371 e. The lowest BCUT2D eigenvalue weighted by Crippen LogP contribution is -1.91. The molecule has 0 radical (unpaired) electrons. The fourth-order valence-corrected chi connectivity index (χ4v) is 1.46. The zero-order chi connectivity index (χ0) is 9.42. The molecule has 0 amide bonds. The van der Waals surface area contributed by atoms with Gasteiger partial charge in [0.15, 0.2) is 5.58 Å². The van der Waals surface area contributed by atoms with E-state index in [2.05, 4.69) is 20.9 Å². The number of hydrogen-bond acceptors (Lipinski definition) is 3. The molecule has 0 aliphatic rings. The lowest BCUT2D eigenvalue weighted by atomic mass is 10.3. The fourth-order valence-electron chi connectivity index (χ4n) is 1.03. The number of nitrogens with zero attached hydrogens (tertiary/aromatic N) is 1. The number of aromatic nitrogens is 1. The maximum Gasteiger partial charge on any atom is 0.371 e. The van der Waals surface area contributed by atoms with Gasteiger partial charge in [-0.25, -0.2) is 4.79 Å². The molecule has 4 nitrogen and oxygen atoms in total. The number of hydrogen-bond donors (Lipinski definition) is 1. The summed E-state index contributed by atoms with van der Waals surface area (Å²) in [4.78, 5) is 14.4. The number of aromatic carboxylic acids is 1. The third kappa shape index (κ3) is 1.31. The van der Waals surface area contributed by atoms with Crippen LogP contribution in [0.4, 0.5) is 0 Å². The van der Waals surface area contributed by atoms with Crippen molar-refractivity contribution < 1.29 is 14.3 Å². The van der Waals surface area contributed by atoms with E-state index >= 15 is 0 Å². The Labute approximate surface area is 81.3 Å². The zero-order valence-corrected chi connectivity index (χ0v) is 7.91. The van der Waals surface area contributed by atoms with Crippen molar-refractivity contribution in [3.8, 4) is 0 Å². The molecule has 0 fully saturated rings. The molecule has 66 valence electrons. The minimum absolute atomic E-state index is 0.0799. The summed E-state index contributed by atoms with van der Waals surface area (Å²) in [5, 5.41) is 9.36. The second-order valence-electron chi connectivity index (χ2n) is 2.45. The van der Waals surface area contributed by atoms with Gasteiger partial charge in [-0.3, -0.25) is 4.98 Å². The van der Waals surface area contributed by atoms with E-state index in [0.29, 0.717) is 11.0 Å². The molecular weight excluding hydrogens is 238 g/mol. The van der Waals surface area contributed by atoms with E-state index in [-0.39, 0.29) is 5.76 Å². The Morgan fingerprint density at radius 1 is 1.54 bits per heavy atom. The standard InChI is InChI=1S/C8H4BrNO3/c9-5-2-10-3-7-4(5)1-6(13-7)8(11)12/h1-3H,(H,11,12). The summed E-state index contributed by atoms with van der Waals surface area (Å²) in [6.07, 6.45) is 3.07. The molecule has 2 aromatic rings. The maximum absolute atomic E-state index is 10.6. The van der Waals surface area contributed by atoms with Crippen molar-refractivity contribution in [1.82, 2.24) is 4.98 Å². The summed E-state index contributed by atoms with van der Waals surface area (Å²) >= 11 is 3.24. The minimum atomic E-state index is -1.08. The SMILES string of the molecule is O=C(O)c1cc2c(Br)cncc2o1. The first-order chi connectivity index (χ1) is 6.18. The zero-order valence-electron chi connectivity index (χ0n) is 6.32. The van der Waals surface area contributed by atoms with Crippen LogP contribution in [0.1, 0.15) is 10.6 Å². The second-order valence-corrected chi connectivity index (χ2v) is 3.30. The number of fused-ring (bicyclic) bond motifs is 1. The number of rotatable bonds is 1. The van der Waals surface area contributed by atoms with Crippen molar-refractivity contribution in [2.75, 3.05) is 0 Å². The molecule has 0 bridgehead atoms. The van der Waals surface area contributed by atoms with Crippen LogP contribution in [0.15, 0.2) is 27.3 Å². The fraction of sp³-hybridized carbons (Fsp3) is 0. The number of pyridine rings is 1. The Balaban J connectivity index is 2.75. The molecule has 2 rings (SSSR count). The van der Waals surface area contributed by atoms with Gasteiger partial charge in [-0.2, -0.15) is 0 Å². The molecule has 0 aliphatic heterocycles. The summed E-state index contributed by atoms with van der Waals surface area (Å²) in [6, 6.07) is 1.46. The van der Waals surface area contributed by atoms with E-state index in [0.717, 1.165) is 4.47 Å². The molecular formula is C8H4BrNO3. The van der Waals surface area contributed by atoms with E-state index in [4.69, 9.17) is 9.52 Å². The molecule has 0 saturated carbocycles. The predicted molar refractivity (Wildman–Crippen MR) is 48.7 cm³/mol. The molecule has 1 N–H and O–H groups in total. The largest absolute Gasteiger partial charge is 0.475 e. The van der Waals surface area contributed by atoms with E-state index in [1.165, 1.54) is 12.3 Å². The highest BCUT2D eigenvalue weighted by molar-refractivity contribution is 9.10. The van der Waals surface area contributed by atoms with Crippen molar-refractivity contribution >= 4 is 32.9 Å². The van der Waals surface area contributed by atoms with Crippen LogP contribution in [-0.2, 0) is 0 Å². The first-order valence-corrected chi connectivity index (χ1v) is 4.24. The summed E-state index contributed by atoms with van der Waals surface area (Å²) in [5.74, 6) is -1.16. The van der Waals surface area contributed by atoms with Crippen molar-refractivity contribution in [1.29, 1.82) is 0 Å². The summed E-state index contributed by atoms with van der Waals surface area (Å²) in [5.41, 5.74) is 0.465. The Morgan fingerprint density at radius 2 is 2.31 bits per heavy atom. The van der Waals surface area contributed by atoms with Gasteiger partial charge in [0.25, 0.3) is 0 Å². The number of carboxylic acids is 1. The molecule has 0 spiro atoms. The van der Waals surface area contributed by atoms with Gasteiger partial charge in [-0.05, 0) is 15.9 Å². The molecule has 0 atom stereocenters. The Hall–Kier alpha value is -1.36. The van der Waals surface area contributed by atoms with Crippen LogP contribution in [0.25, 0.3) is 11.0 Å². The number of furan rings is 1. The summed E-state index contributed by atoms with van der Waals surface area (Å²) in [7, 11) is 0. The van der Waals surface area contributed by atoms with E-state index < -0.39 is 5.97 Å². The molecule has 0 saturated heterocycles.